The molecule has 2 bridgehead atoms. The predicted octanol–water partition coefficient (Wildman–Crippen LogP) is 3.67. The van der Waals surface area contributed by atoms with Crippen LogP contribution in [-0.4, -0.2) is 48.5 Å². The molecule has 3 aromatic rings. The zero-order chi connectivity index (χ0) is 21.6. The number of hydrogen-bond donors (Lipinski definition) is 2. The molecule has 0 unspecified atom stereocenters. The van der Waals surface area contributed by atoms with Crippen LogP contribution in [0.15, 0.2) is 49.3 Å². The van der Waals surface area contributed by atoms with Crippen molar-refractivity contribution in [2.45, 2.75) is 57.0 Å². The molecule has 2 aliphatic rings. The van der Waals surface area contributed by atoms with Crippen molar-refractivity contribution in [1.82, 2.24) is 24.8 Å². The van der Waals surface area contributed by atoms with Crippen LogP contribution in [0.5, 0.6) is 11.6 Å². The van der Waals surface area contributed by atoms with Crippen LogP contribution in [0.2, 0.25) is 0 Å². The van der Waals surface area contributed by atoms with Gasteiger partial charge in [-0.05, 0) is 37.8 Å². The van der Waals surface area contributed by atoms with Crippen LogP contribution in [-0.2, 0) is 0 Å². The molecule has 1 aromatic carbocycles. The van der Waals surface area contributed by atoms with Gasteiger partial charge < -0.3 is 19.7 Å². The molecule has 2 saturated heterocycles. The van der Waals surface area contributed by atoms with Crippen LogP contribution >= 0.6 is 0 Å². The molecule has 5 atom stereocenters. The lowest BCUT2D eigenvalue weighted by Gasteiger charge is -2.50. The minimum Gasteiger partial charge on any atom is -0.507 e. The summed E-state index contributed by atoms with van der Waals surface area (Å²) in [6.07, 6.45) is 8.95. The number of hydrogen-bond acceptors (Lipinski definition) is 6. The van der Waals surface area contributed by atoms with Gasteiger partial charge in [-0.1, -0.05) is 6.92 Å². The number of halogens is 1. The lowest BCUT2D eigenvalue weighted by Crippen LogP contribution is -2.66. The number of benzene rings is 1. The Bertz CT molecular complexity index is 1060. The Balaban J connectivity index is 1.32. The summed E-state index contributed by atoms with van der Waals surface area (Å²) in [4.78, 5) is 12.7. The van der Waals surface area contributed by atoms with E-state index in [9.17, 15) is 5.11 Å². The smallest absolute Gasteiger partial charge is 0.232 e. The fourth-order valence-electron chi connectivity index (χ4n) is 5.11. The van der Waals surface area contributed by atoms with Gasteiger partial charge in [-0.25, -0.2) is 19.3 Å². The lowest BCUT2D eigenvalue weighted by atomic mass is 9.71. The number of fused-ring (bicyclic) bond motifs is 2. The van der Waals surface area contributed by atoms with E-state index in [4.69, 9.17) is 4.74 Å². The summed E-state index contributed by atoms with van der Waals surface area (Å²) in [6, 6.07) is 5.10. The molecule has 8 heteroatoms. The summed E-state index contributed by atoms with van der Waals surface area (Å²) in [7, 11) is 0. The largest absolute Gasteiger partial charge is 0.507 e. The van der Waals surface area contributed by atoms with E-state index in [0.29, 0.717) is 29.5 Å². The van der Waals surface area contributed by atoms with E-state index in [1.807, 2.05) is 6.07 Å². The van der Waals surface area contributed by atoms with Gasteiger partial charge in [0.2, 0.25) is 5.88 Å². The third-order valence-corrected chi connectivity index (χ3v) is 6.34. The topological polar surface area (TPSA) is 85.1 Å². The molecular formula is C23H26FN5O2. The number of ether oxygens (including phenoxy) is 1. The average molecular weight is 423 g/mol. The number of imidazole rings is 1. The van der Waals surface area contributed by atoms with Crippen molar-refractivity contribution in [3.8, 4) is 28.6 Å². The second-order valence-electron chi connectivity index (χ2n) is 9.07. The second-order valence-corrected chi connectivity index (χ2v) is 9.07. The Morgan fingerprint density at radius 1 is 1.26 bits per heavy atom. The Hall–Kier alpha value is -3.00. The van der Waals surface area contributed by atoms with Crippen LogP contribution in [0.25, 0.3) is 16.9 Å². The summed E-state index contributed by atoms with van der Waals surface area (Å²) in [5, 5.41) is 13.9. The number of aromatic nitrogens is 4. The number of phenols is 1. The van der Waals surface area contributed by atoms with Gasteiger partial charge in [0.15, 0.2) is 6.17 Å². The highest BCUT2D eigenvalue weighted by atomic mass is 19.1. The van der Waals surface area contributed by atoms with Crippen LogP contribution in [0.1, 0.15) is 33.1 Å². The maximum absolute atomic E-state index is 15.0. The second kappa shape index (κ2) is 7.60. The third kappa shape index (κ3) is 3.87. The minimum absolute atomic E-state index is 0.0891. The molecule has 0 amide bonds. The van der Waals surface area contributed by atoms with Crippen molar-refractivity contribution in [2.24, 2.45) is 5.92 Å². The zero-order valence-electron chi connectivity index (χ0n) is 17.6. The van der Waals surface area contributed by atoms with E-state index in [1.165, 1.54) is 6.20 Å². The van der Waals surface area contributed by atoms with Crippen LogP contribution < -0.4 is 10.1 Å². The monoisotopic (exact) mass is 423 g/mol. The Morgan fingerprint density at radius 2 is 2.13 bits per heavy atom. The molecule has 2 aliphatic heterocycles. The highest BCUT2D eigenvalue weighted by Gasteiger charge is 2.48. The molecule has 0 saturated carbocycles. The first-order chi connectivity index (χ1) is 14.9. The first kappa shape index (κ1) is 19.9. The van der Waals surface area contributed by atoms with Crippen LogP contribution in [0.3, 0.4) is 0 Å². The zero-order valence-corrected chi connectivity index (χ0v) is 17.6. The van der Waals surface area contributed by atoms with Crippen molar-refractivity contribution in [3.63, 3.8) is 0 Å². The van der Waals surface area contributed by atoms with Crippen LogP contribution in [0, 0.1) is 5.92 Å². The number of nitrogens with zero attached hydrogens (tertiary/aromatic N) is 4. The molecule has 7 nitrogen and oxygen atoms in total. The van der Waals surface area contributed by atoms with Gasteiger partial charge >= 0.3 is 0 Å². The third-order valence-electron chi connectivity index (χ3n) is 6.34. The number of alkyl halides is 1. The van der Waals surface area contributed by atoms with Gasteiger partial charge in [0, 0.05) is 42.0 Å². The fourth-order valence-corrected chi connectivity index (χ4v) is 5.11. The number of nitrogens with one attached hydrogen (secondary N) is 1. The fraction of sp³-hybridized carbons (Fsp3) is 0.435. The molecule has 162 valence electrons. The quantitative estimate of drug-likeness (QED) is 0.666. The molecule has 0 radical (unpaired) electrons. The lowest BCUT2D eigenvalue weighted by molar-refractivity contribution is -0.0337. The molecule has 2 aromatic heterocycles. The summed E-state index contributed by atoms with van der Waals surface area (Å²) in [5.41, 5.74) is 1.75. The van der Waals surface area contributed by atoms with Crippen molar-refractivity contribution >= 4 is 0 Å². The highest BCUT2D eigenvalue weighted by molar-refractivity contribution is 5.68. The predicted molar refractivity (Wildman–Crippen MR) is 114 cm³/mol. The summed E-state index contributed by atoms with van der Waals surface area (Å²) in [6.45, 7) is 4.32. The molecule has 2 N–H and O–H groups in total. The van der Waals surface area contributed by atoms with Gasteiger partial charge in [-0.15, -0.1) is 0 Å². The van der Waals surface area contributed by atoms with Gasteiger partial charge in [-0.2, -0.15) is 0 Å². The van der Waals surface area contributed by atoms with E-state index in [0.717, 1.165) is 18.5 Å². The molecule has 0 aliphatic carbocycles. The van der Waals surface area contributed by atoms with Gasteiger partial charge in [0.1, 0.15) is 11.9 Å². The van der Waals surface area contributed by atoms with Crippen molar-refractivity contribution in [2.75, 3.05) is 0 Å². The average Bonchev–Trinajstić information content (AvgIpc) is 3.27. The maximum Gasteiger partial charge on any atom is 0.232 e. The highest BCUT2D eigenvalue weighted by Crippen LogP contribution is 2.39. The van der Waals surface area contributed by atoms with E-state index in [-0.39, 0.29) is 17.3 Å². The van der Waals surface area contributed by atoms with E-state index in [2.05, 4.69) is 34.1 Å². The molecule has 4 heterocycles. The summed E-state index contributed by atoms with van der Waals surface area (Å²) >= 11 is 0. The number of piperidine rings is 2. The maximum atomic E-state index is 15.0. The van der Waals surface area contributed by atoms with Gasteiger partial charge in [-0.3, -0.25) is 0 Å². The Kier molecular flexibility index (Phi) is 4.89. The molecule has 0 spiro atoms. The van der Waals surface area contributed by atoms with Gasteiger partial charge in [0.05, 0.1) is 30.1 Å². The van der Waals surface area contributed by atoms with E-state index >= 15 is 4.39 Å². The first-order valence-electron chi connectivity index (χ1n) is 10.6. The van der Waals surface area contributed by atoms with E-state index in [1.54, 1.807) is 41.6 Å². The van der Waals surface area contributed by atoms with Crippen molar-refractivity contribution < 1.29 is 14.2 Å². The van der Waals surface area contributed by atoms with Crippen molar-refractivity contribution in [1.29, 1.82) is 0 Å². The standard InChI is InChI=1S/C23H26FN5O2/c1-14-7-17-22(24)20(10-23(2,9-14)28-17)31-21-12-26-18(11-27-21)16-4-3-15(8-19(16)30)29-6-5-25-13-29/h3-6,8,11-14,17,20,22,28,30H,7,9-10H2,1-2H3/t14-,17+,20-,22-,23-/m0/s1. The summed E-state index contributed by atoms with van der Waals surface area (Å²) in [5.74, 6) is 0.885. The minimum atomic E-state index is -1.09. The molecular weight excluding hydrogens is 397 g/mol. The SMILES string of the molecule is C[C@H]1C[C@H]2N[C@@](C)(C1)C[C@H](Oc1cnc(-c3ccc(-n4ccnc4)cc3O)cn1)[C@H]2F. The molecule has 2 fully saturated rings. The van der Waals surface area contributed by atoms with Gasteiger partial charge in [0.25, 0.3) is 0 Å². The van der Waals surface area contributed by atoms with Crippen molar-refractivity contribution in [3.05, 3.63) is 49.3 Å². The normalized spacial score (nSPS) is 30.2. The first-order valence-corrected chi connectivity index (χ1v) is 10.6. The Morgan fingerprint density at radius 3 is 2.84 bits per heavy atom. The number of rotatable bonds is 4. The molecule has 5 rings (SSSR count). The summed E-state index contributed by atoms with van der Waals surface area (Å²) < 4.78 is 22.8. The number of phenolic OH excluding ortho intramolecular Hbond substituents is 1. The van der Waals surface area contributed by atoms with E-state index < -0.39 is 12.3 Å². The van der Waals surface area contributed by atoms with Crippen LogP contribution in [0.4, 0.5) is 4.39 Å². The Labute approximate surface area is 180 Å². The molecule has 31 heavy (non-hydrogen) atoms. The number of aromatic hydroxyl groups is 1.